The molecular formula is C15H19Cl2N3O2. The van der Waals surface area contributed by atoms with Gasteiger partial charge in [0.1, 0.15) is 6.42 Å². The van der Waals surface area contributed by atoms with Crippen LogP contribution in [0.5, 0.6) is 0 Å². The molecule has 2 rings (SSSR count). The SMILES string of the molecule is CCN1CCN(C(=O)CC(=O)Nc2c(Cl)cccc2Cl)CC1. The largest absolute Gasteiger partial charge is 0.340 e. The molecular weight excluding hydrogens is 325 g/mol. The average molecular weight is 344 g/mol. The van der Waals surface area contributed by atoms with Crippen molar-refractivity contribution in [1.82, 2.24) is 9.80 Å². The van der Waals surface area contributed by atoms with Gasteiger partial charge in [-0.3, -0.25) is 9.59 Å². The van der Waals surface area contributed by atoms with Crippen molar-refractivity contribution in [2.45, 2.75) is 13.3 Å². The van der Waals surface area contributed by atoms with Gasteiger partial charge in [-0.2, -0.15) is 0 Å². The molecule has 7 heteroatoms. The molecule has 1 aromatic carbocycles. The van der Waals surface area contributed by atoms with E-state index in [1.54, 1.807) is 23.1 Å². The van der Waals surface area contributed by atoms with E-state index >= 15 is 0 Å². The van der Waals surface area contributed by atoms with Gasteiger partial charge in [0, 0.05) is 26.2 Å². The van der Waals surface area contributed by atoms with Gasteiger partial charge in [0.25, 0.3) is 0 Å². The zero-order chi connectivity index (χ0) is 16.1. The number of halogens is 2. The highest BCUT2D eigenvalue weighted by atomic mass is 35.5. The fraction of sp³-hybridized carbons (Fsp3) is 0.467. The normalized spacial score (nSPS) is 15.7. The number of hydrogen-bond acceptors (Lipinski definition) is 3. The van der Waals surface area contributed by atoms with Crippen molar-refractivity contribution < 1.29 is 9.59 Å². The standard InChI is InChI=1S/C15H19Cl2N3O2/c1-2-19-6-8-20(9-7-19)14(22)10-13(21)18-15-11(16)4-3-5-12(15)17/h3-5H,2,6-10H2,1H3,(H,18,21). The van der Waals surface area contributed by atoms with Crippen LogP contribution in [-0.2, 0) is 9.59 Å². The third-order valence-electron chi connectivity index (χ3n) is 3.71. The van der Waals surface area contributed by atoms with Crippen LogP contribution in [0.4, 0.5) is 5.69 Å². The average Bonchev–Trinajstić information content (AvgIpc) is 2.51. The summed E-state index contributed by atoms with van der Waals surface area (Å²) in [7, 11) is 0. The number of nitrogens with one attached hydrogen (secondary N) is 1. The van der Waals surface area contributed by atoms with Crippen LogP contribution in [0.3, 0.4) is 0 Å². The van der Waals surface area contributed by atoms with Crippen molar-refractivity contribution in [3.8, 4) is 0 Å². The summed E-state index contributed by atoms with van der Waals surface area (Å²) in [6.07, 6.45) is -0.201. The Kier molecular flexibility index (Phi) is 6.06. The van der Waals surface area contributed by atoms with Crippen molar-refractivity contribution >= 4 is 40.7 Å². The van der Waals surface area contributed by atoms with Gasteiger partial charge in [0.15, 0.2) is 0 Å². The van der Waals surface area contributed by atoms with E-state index in [1.165, 1.54) is 0 Å². The maximum atomic E-state index is 12.1. The summed E-state index contributed by atoms with van der Waals surface area (Å²) in [5.41, 5.74) is 0.347. The van der Waals surface area contributed by atoms with Gasteiger partial charge < -0.3 is 15.1 Å². The minimum absolute atomic E-state index is 0.170. The molecule has 1 aromatic rings. The van der Waals surface area contributed by atoms with Crippen molar-refractivity contribution in [3.05, 3.63) is 28.2 Å². The Labute approximate surface area is 140 Å². The van der Waals surface area contributed by atoms with E-state index in [9.17, 15) is 9.59 Å². The van der Waals surface area contributed by atoms with Gasteiger partial charge in [-0.15, -0.1) is 0 Å². The molecule has 0 radical (unpaired) electrons. The summed E-state index contributed by atoms with van der Waals surface area (Å²) in [5, 5.41) is 3.31. The molecule has 1 fully saturated rings. The number of para-hydroxylation sites is 1. The van der Waals surface area contributed by atoms with E-state index in [0.717, 1.165) is 19.6 Å². The minimum atomic E-state index is -0.405. The Bertz CT molecular complexity index is 537. The molecule has 0 bridgehead atoms. The predicted octanol–water partition coefficient (Wildman–Crippen LogP) is 2.49. The van der Waals surface area contributed by atoms with Crippen LogP contribution < -0.4 is 5.32 Å². The van der Waals surface area contributed by atoms with Crippen LogP contribution in [-0.4, -0.2) is 54.3 Å². The van der Waals surface area contributed by atoms with Gasteiger partial charge in [0.05, 0.1) is 15.7 Å². The Morgan fingerprint density at radius 1 is 1.14 bits per heavy atom. The number of anilines is 1. The van der Waals surface area contributed by atoms with E-state index in [1.807, 2.05) is 0 Å². The van der Waals surface area contributed by atoms with Crippen molar-refractivity contribution in [3.63, 3.8) is 0 Å². The fourth-order valence-electron chi connectivity index (χ4n) is 2.36. The number of rotatable bonds is 4. The molecule has 1 aliphatic rings. The van der Waals surface area contributed by atoms with Crippen LogP contribution in [0.25, 0.3) is 0 Å². The Balaban J connectivity index is 1.88. The number of carbonyl (C=O) groups is 2. The quantitative estimate of drug-likeness (QED) is 0.854. The van der Waals surface area contributed by atoms with Crippen LogP contribution in [0, 0.1) is 0 Å². The monoisotopic (exact) mass is 343 g/mol. The van der Waals surface area contributed by atoms with Crippen LogP contribution in [0.1, 0.15) is 13.3 Å². The molecule has 0 atom stereocenters. The number of nitrogens with zero attached hydrogens (tertiary/aromatic N) is 2. The predicted molar refractivity (Wildman–Crippen MR) is 88.4 cm³/mol. The second-order valence-corrected chi connectivity index (χ2v) is 5.95. The topological polar surface area (TPSA) is 52.7 Å². The molecule has 2 amide bonds. The number of benzene rings is 1. The summed E-state index contributed by atoms with van der Waals surface area (Å²) in [4.78, 5) is 28.1. The van der Waals surface area contributed by atoms with E-state index < -0.39 is 5.91 Å². The van der Waals surface area contributed by atoms with Gasteiger partial charge in [-0.1, -0.05) is 36.2 Å². The maximum absolute atomic E-state index is 12.1. The molecule has 1 aliphatic heterocycles. The van der Waals surface area contributed by atoms with Crippen molar-refractivity contribution in [2.75, 3.05) is 38.0 Å². The van der Waals surface area contributed by atoms with E-state index in [4.69, 9.17) is 23.2 Å². The molecule has 0 aliphatic carbocycles. The zero-order valence-electron chi connectivity index (χ0n) is 12.4. The van der Waals surface area contributed by atoms with Crippen LogP contribution in [0.2, 0.25) is 10.0 Å². The number of piperazine rings is 1. The number of hydrogen-bond donors (Lipinski definition) is 1. The lowest BCUT2D eigenvalue weighted by molar-refractivity contribution is -0.136. The third kappa shape index (κ3) is 4.35. The van der Waals surface area contributed by atoms with E-state index in [-0.39, 0.29) is 12.3 Å². The molecule has 1 heterocycles. The van der Waals surface area contributed by atoms with Crippen molar-refractivity contribution in [1.29, 1.82) is 0 Å². The lowest BCUT2D eigenvalue weighted by atomic mass is 10.2. The van der Waals surface area contributed by atoms with E-state index in [2.05, 4.69) is 17.1 Å². The zero-order valence-corrected chi connectivity index (χ0v) is 14.0. The second-order valence-electron chi connectivity index (χ2n) is 5.14. The number of likely N-dealkylation sites (N-methyl/N-ethyl adjacent to an activating group) is 1. The first-order valence-electron chi connectivity index (χ1n) is 7.25. The summed E-state index contributed by atoms with van der Waals surface area (Å²) in [5.74, 6) is -0.575. The van der Waals surface area contributed by atoms with Gasteiger partial charge >= 0.3 is 0 Å². The van der Waals surface area contributed by atoms with Crippen molar-refractivity contribution in [2.24, 2.45) is 0 Å². The van der Waals surface area contributed by atoms with Gasteiger partial charge in [-0.25, -0.2) is 0 Å². The summed E-state index contributed by atoms with van der Waals surface area (Å²) >= 11 is 12.0. The molecule has 22 heavy (non-hydrogen) atoms. The minimum Gasteiger partial charge on any atom is -0.340 e. The Morgan fingerprint density at radius 3 is 2.27 bits per heavy atom. The molecule has 120 valence electrons. The molecule has 1 N–H and O–H groups in total. The van der Waals surface area contributed by atoms with Gasteiger partial charge in [-0.05, 0) is 18.7 Å². The van der Waals surface area contributed by atoms with Gasteiger partial charge in [0.2, 0.25) is 11.8 Å². The first kappa shape index (κ1) is 17.1. The molecule has 5 nitrogen and oxygen atoms in total. The molecule has 0 aromatic heterocycles. The summed E-state index contributed by atoms with van der Waals surface area (Å²) in [6.45, 7) is 6.09. The molecule has 0 saturated carbocycles. The molecule has 1 saturated heterocycles. The highest BCUT2D eigenvalue weighted by Crippen LogP contribution is 2.29. The first-order valence-corrected chi connectivity index (χ1v) is 8.01. The Morgan fingerprint density at radius 2 is 1.73 bits per heavy atom. The Hall–Kier alpha value is -1.30. The first-order chi connectivity index (χ1) is 10.5. The third-order valence-corrected chi connectivity index (χ3v) is 4.34. The highest BCUT2D eigenvalue weighted by molar-refractivity contribution is 6.39. The molecule has 0 unspecified atom stereocenters. The summed E-state index contributed by atoms with van der Waals surface area (Å²) < 4.78 is 0. The van der Waals surface area contributed by atoms with Crippen LogP contribution >= 0.6 is 23.2 Å². The van der Waals surface area contributed by atoms with Crippen LogP contribution in [0.15, 0.2) is 18.2 Å². The number of carbonyl (C=O) groups excluding carboxylic acids is 2. The lowest BCUT2D eigenvalue weighted by Gasteiger charge is -2.34. The lowest BCUT2D eigenvalue weighted by Crippen LogP contribution is -2.49. The molecule has 0 spiro atoms. The fourth-order valence-corrected chi connectivity index (χ4v) is 2.86. The number of amides is 2. The maximum Gasteiger partial charge on any atom is 0.233 e. The highest BCUT2D eigenvalue weighted by Gasteiger charge is 2.22. The van der Waals surface area contributed by atoms with E-state index in [0.29, 0.717) is 28.8 Å². The summed E-state index contributed by atoms with van der Waals surface area (Å²) in [6, 6.07) is 4.96. The second kappa shape index (κ2) is 7.81. The smallest absolute Gasteiger partial charge is 0.233 e.